The molecular formula is C14H12ClNO3. The van der Waals surface area contributed by atoms with Crippen molar-refractivity contribution in [3.8, 4) is 5.75 Å². The van der Waals surface area contributed by atoms with Crippen LogP contribution in [0.25, 0.3) is 0 Å². The van der Waals surface area contributed by atoms with Gasteiger partial charge >= 0.3 is 5.97 Å². The molecule has 1 aromatic heterocycles. The summed E-state index contributed by atoms with van der Waals surface area (Å²) in [5.41, 5.74) is 1.71. The smallest absolute Gasteiger partial charge is 0.337 e. The Bertz CT molecular complexity index is 613. The van der Waals surface area contributed by atoms with E-state index in [0.717, 1.165) is 11.4 Å². The minimum Gasteiger partial charge on any atom is -0.487 e. The number of aromatic carboxylic acids is 1. The maximum absolute atomic E-state index is 10.9. The Morgan fingerprint density at radius 2 is 2.16 bits per heavy atom. The second kappa shape index (κ2) is 5.71. The molecule has 0 fully saturated rings. The first-order valence-electron chi connectivity index (χ1n) is 5.64. The van der Waals surface area contributed by atoms with Crippen molar-refractivity contribution in [2.45, 2.75) is 13.5 Å². The van der Waals surface area contributed by atoms with Crippen LogP contribution in [0.2, 0.25) is 5.02 Å². The molecule has 0 bridgehead atoms. The number of nitrogens with zero attached hydrogens (tertiary/aromatic N) is 1. The molecule has 0 radical (unpaired) electrons. The van der Waals surface area contributed by atoms with Gasteiger partial charge in [-0.15, -0.1) is 0 Å². The normalized spacial score (nSPS) is 10.2. The van der Waals surface area contributed by atoms with E-state index in [1.807, 2.05) is 25.1 Å². The average molecular weight is 278 g/mol. The lowest BCUT2D eigenvalue weighted by molar-refractivity contribution is 0.0696. The molecule has 0 aliphatic carbocycles. The van der Waals surface area contributed by atoms with Gasteiger partial charge in [0.25, 0.3) is 0 Å². The average Bonchev–Trinajstić information content (AvgIpc) is 2.37. The molecule has 0 unspecified atom stereocenters. The van der Waals surface area contributed by atoms with Gasteiger partial charge in [0.2, 0.25) is 0 Å². The van der Waals surface area contributed by atoms with Gasteiger partial charge in [-0.1, -0.05) is 17.7 Å². The van der Waals surface area contributed by atoms with Crippen LogP contribution < -0.4 is 4.74 Å². The van der Waals surface area contributed by atoms with Crippen LogP contribution in [0.15, 0.2) is 36.4 Å². The minimum absolute atomic E-state index is 0.0244. The van der Waals surface area contributed by atoms with Crippen molar-refractivity contribution in [2.24, 2.45) is 0 Å². The molecule has 1 heterocycles. The summed E-state index contributed by atoms with van der Waals surface area (Å²) in [6.07, 6.45) is 0. The van der Waals surface area contributed by atoms with Crippen LogP contribution in [0.4, 0.5) is 0 Å². The van der Waals surface area contributed by atoms with Gasteiger partial charge in [-0.05, 0) is 37.3 Å². The number of pyridine rings is 1. The van der Waals surface area contributed by atoms with E-state index in [1.165, 1.54) is 12.1 Å². The largest absolute Gasteiger partial charge is 0.487 e. The Morgan fingerprint density at radius 3 is 2.84 bits per heavy atom. The number of halogens is 1. The molecule has 0 aliphatic heterocycles. The predicted octanol–water partition coefficient (Wildman–Crippen LogP) is 3.32. The summed E-state index contributed by atoms with van der Waals surface area (Å²) in [7, 11) is 0. The van der Waals surface area contributed by atoms with Crippen molar-refractivity contribution in [3.05, 3.63) is 58.4 Å². The second-order valence-corrected chi connectivity index (χ2v) is 4.41. The molecule has 0 spiro atoms. The quantitative estimate of drug-likeness (QED) is 0.931. The van der Waals surface area contributed by atoms with Gasteiger partial charge in [-0.25, -0.2) is 4.79 Å². The fourth-order valence-electron chi connectivity index (χ4n) is 1.60. The monoisotopic (exact) mass is 277 g/mol. The molecule has 2 aromatic rings. The number of carbonyl (C=O) groups is 1. The molecule has 0 aliphatic rings. The van der Waals surface area contributed by atoms with Crippen molar-refractivity contribution in [1.82, 2.24) is 4.98 Å². The number of carboxylic acids is 1. The van der Waals surface area contributed by atoms with Crippen LogP contribution in [0.3, 0.4) is 0 Å². The van der Waals surface area contributed by atoms with Crippen molar-refractivity contribution >= 4 is 17.6 Å². The van der Waals surface area contributed by atoms with Crippen LogP contribution in [-0.4, -0.2) is 16.1 Å². The number of rotatable bonds is 4. The van der Waals surface area contributed by atoms with Gasteiger partial charge in [0.15, 0.2) is 0 Å². The fraction of sp³-hybridized carbons (Fsp3) is 0.143. The minimum atomic E-state index is -1.08. The van der Waals surface area contributed by atoms with Crippen molar-refractivity contribution in [3.63, 3.8) is 0 Å². The highest BCUT2D eigenvalue weighted by atomic mass is 35.5. The Balaban J connectivity index is 2.12. The molecule has 0 atom stereocenters. The topological polar surface area (TPSA) is 59.4 Å². The summed E-state index contributed by atoms with van der Waals surface area (Å²) >= 11 is 5.78. The Kier molecular flexibility index (Phi) is 4.02. The SMILES string of the molecule is Cc1cccc(COc2ccc(Cl)c(C(=O)O)c2)n1. The van der Waals surface area contributed by atoms with E-state index in [1.54, 1.807) is 6.07 Å². The molecule has 2 rings (SSSR count). The molecule has 1 N–H and O–H groups in total. The third kappa shape index (κ3) is 3.45. The summed E-state index contributed by atoms with van der Waals surface area (Å²) < 4.78 is 5.51. The molecular weight excluding hydrogens is 266 g/mol. The zero-order valence-electron chi connectivity index (χ0n) is 10.3. The number of hydrogen-bond donors (Lipinski definition) is 1. The van der Waals surface area contributed by atoms with E-state index in [9.17, 15) is 4.79 Å². The molecule has 1 aromatic carbocycles. The summed E-state index contributed by atoms with van der Waals surface area (Å²) in [5.74, 6) is -0.630. The maximum atomic E-state index is 10.9. The standard InChI is InChI=1S/C14H12ClNO3/c1-9-3-2-4-10(16-9)8-19-11-5-6-13(15)12(7-11)14(17)18/h2-7H,8H2,1H3,(H,17,18). The molecule has 19 heavy (non-hydrogen) atoms. The number of aryl methyl sites for hydroxylation is 1. The van der Waals surface area contributed by atoms with Crippen molar-refractivity contribution in [2.75, 3.05) is 0 Å². The number of benzene rings is 1. The van der Waals surface area contributed by atoms with Crippen LogP contribution in [-0.2, 0) is 6.61 Å². The van der Waals surface area contributed by atoms with E-state index < -0.39 is 5.97 Å². The molecule has 0 amide bonds. The predicted molar refractivity (Wildman–Crippen MR) is 71.7 cm³/mol. The molecule has 0 saturated heterocycles. The first-order chi connectivity index (χ1) is 9.06. The van der Waals surface area contributed by atoms with Gasteiger partial charge in [-0.3, -0.25) is 4.98 Å². The third-order valence-electron chi connectivity index (χ3n) is 2.50. The van der Waals surface area contributed by atoms with E-state index in [0.29, 0.717) is 5.75 Å². The lowest BCUT2D eigenvalue weighted by atomic mass is 10.2. The summed E-state index contributed by atoms with van der Waals surface area (Å²) in [6, 6.07) is 10.2. The Morgan fingerprint density at radius 1 is 1.37 bits per heavy atom. The van der Waals surface area contributed by atoms with Gasteiger partial charge < -0.3 is 9.84 Å². The van der Waals surface area contributed by atoms with Crippen molar-refractivity contribution < 1.29 is 14.6 Å². The number of ether oxygens (including phenoxy) is 1. The van der Waals surface area contributed by atoms with E-state index in [-0.39, 0.29) is 17.2 Å². The number of aromatic nitrogens is 1. The highest BCUT2D eigenvalue weighted by Crippen LogP contribution is 2.22. The number of carboxylic acid groups (broad SMARTS) is 1. The first-order valence-corrected chi connectivity index (χ1v) is 6.02. The lowest BCUT2D eigenvalue weighted by Crippen LogP contribution is -2.01. The maximum Gasteiger partial charge on any atom is 0.337 e. The lowest BCUT2D eigenvalue weighted by Gasteiger charge is -2.07. The Hall–Kier alpha value is -2.07. The van der Waals surface area contributed by atoms with Crippen LogP contribution in [0, 0.1) is 6.92 Å². The molecule has 0 saturated carbocycles. The van der Waals surface area contributed by atoms with Gasteiger partial charge in [0, 0.05) is 5.69 Å². The summed E-state index contributed by atoms with van der Waals surface area (Å²) in [6.45, 7) is 2.18. The first kappa shape index (κ1) is 13.4. The van der Waals surface area contributed by atoms with Crippen LogP contribution >= 0.6 is 11.6 Å². The van der Waals surface area contributed by atoms with Crippen LogP contribution in [0.1, 0.15) is 21.7 Å². The van der Waals surface area contributed by atoms with Gasteiger partial charge in [-0.2, -0.15) is 0 Å². The molecule has 4 nitrogen and oxygen atoms in total. The summed E-state index contributed by atoms with van der Waals surface area (Å²) in [5, 5.41) is 9.15. The van der Waals surface area contributed by atoms with Gasteiger partial charge in [0.05, 0.1) is 16.3 Å². The molecule has 98 valence electrons. The van der Waals surface area contributed by atoms with E-state index in [4.69, 9.17) is 21.4 Å². The fourth-order valence-corrected chi connectivity index (χ4v) is 1.79. The molecule has 5 heteroatoms. The summed E-state index contributed by atoms with van der Waals surface area (Å²) in [4.78, 5) is 15.2. The second-order valence-electron chi connectivity index (χ2n) is 4.01. The van der Waals surface area contributed by atoms with E-state index >= 15 is 0 Å². The van der Waals surface area contributed by atoms with Gasteiger partial charge in [0.1, 0.15) is 12.4 Å². The third-order valence-corrected chi connectivity index (χ3v) is 2.83. The Labute approximate surface area is 115 Å². The van der Waals surface area contributed by atoms with Crippen molar-refractivity contribution in [1.29, 1.82) is 0 Å². The highest BCUT2D eigenvalue weighted by molar-refractivity contribution is 6.33. The van der Waals surface area contributed by atoms with Crippen LogP contribution in [0.5, 0.6) is 5.75 Å². The zero-order valence-corrected chi connectivity index (χ0v) is 11.0. The zero-order chi connectivity index (χ0) is 13.8. The highest BCUT2D eigenvalue weighted by Gasteiger charge is 2.10. The van der Waals surface area contributed by atoms with E-state index in [2.05, 4.69) is 4.98 Å². The number of hydrogen-bond acceptors (Lipinski definition) is 3.